The van der Waals surface area contributed by atoms with Gasteiger partial charge in [0.25, 0.3) is 0 Å². The van der Waals surface area contributed by atoms with Gasteiger partial charge < -0.3 is 5.32 Å². The summed E-state index contributed by atoms with van der Waals surface area (Å²) >= 11 is 1.74. The lowest BCUT2D eigenvalue weighted by molar-refractivity contribution is -0.119. The van der Waals surface area contributed by atoms with Gasteiger partial charge in [0.1, 0.15) is 0 Å². The minimum Gasteiger partial charge on any atom is -0.349 e. The fourth-order valence-corrected chi connectivity index (χ4v) is 2.13. The Bertz CT molecular complexity index is 338. The summed E-state index contributed by atoms with van der Waals surface area (Å²) in [6, 6.07) is 8.39. The molecule has 1 aromatic rings. The van der Waals surface area contributed by atoms with Crippen molar-refractivity contribution in [2.24, 2.45) is 0 Å². The molecule has 3 heteroatoms. The molecule has 0 bridgehead atoms. The average Bonchev–Trinajstić information content (AvgIpc) is 2.16. The van der Waals surface area contributed by atoms with Gasteiger partial charge >= 0.3 is 0 Å². The summed E-state index contributed by atoms with van der Waals surface area (Å²) in [5.74, 6) is 0.929. The third kappa shape index (κ3) is 3.96. The number of aryl methyl sites for hydroxylation is 1. The summed E-state index contributed by atoms with van der Waals surface area (Å²) in [5.41, 5.74) is 2.41. The van der Waals surface area contributed by atoms with Crippen LogP contribution in [-0.2, 0) is 4.79 Å². The van der Waals surface area contributed by atoms with Crippen molar-refractivity contribution in [3.8, 4) is 0 Å². The number of amides is 1. The van der Waals surface area contributed by atoms with Crippen LogP contribution in [0.2, 0.25) is 0 Å². The predicted octanol–water partition coefficient (Wildman–Crippen LogP) is 2.54. The Balaban J connectivity index is 2.83. The van der Waals surface area contributed by atoms with Crippen molar-refractivity contribution in [2.45, 2.75) is 19.9 Å². The summed E-state index contributed by atoms with van der Waals surface area (Å²) in [6.45, 7) is 3.62. The van der Waals surface area contributed by atoms with Crippen molar-refractivity contribution >= 4 is 17.7 Å². The van der Waals surface area contributed by atoms with E-state index in [1.54, 1.807) is 18.7 Å². The summed E-state index contributed by atoms with van der Waals surface area (Å²) in [7, 11) is 0. The molecule has 1 rings (SSSR count). The van der Waals surface area contributed by atoms with Gasteiger partial charge in [0, 0.05) is 12.7 Å². The Morgan fingerprint density at radius 1 is 1.53 bits per heavy atom. The predicted molar refractivity (Wildman–Crippen MR) is 66.1 cm³/mol. The molecule has 0 saturated heterocycles. The van der Waals surface area contributed by atoms with Crippen LogP contribution in [0.1, 0.15) is 24.1 Å². The zero-order valence-corrected chi connectivity index (χ0v) is 10.2. The molecular weight excluding hydrogens is 206 g/mol. The first kappa shape index (κ1) is 12.1. The third-order valence-corrected chi connectivity index (χ3v) is 2.82. The molecule has 0 saturated carbocycles. The number of carbonyl (C=O) groups is 1. The Morgan fingerprint density at radius 3 is 2.80 bits per heavy atom. The molecule has 0 fully saturated rings. The second kappa shape index (κ2) is 5.81. The third-order valence-electron chi connectivity index (χ3n) is 2.16. The van der Waals surface area contributed by atoms with E-state index in [1.165, 1.54) is 11.1 Å². The van der Waals surface area contributed by atoms with Crippen LogP contribution in [0, 0.1) is 6.92 Å². The topological polar surface area (TPSA) is 29.1 Å². The number of thioether (sulfide) groups is 1. The van der Waals surface area contributed by atoms with Crippen LogP contribution < -0.4 is 5.32 Å². The van der Waals surface area contributed by atoms with Crippen molar-refractivity contribution in [3.63, 3.8) is 0 Å². The van der Waals surface area contributed by atoms with Crippen LogP contribution in [0.4, 0.5) is 0 Å². The molecule has 82 valence electrons. The van der Waals surface area contributed by atoms with E-state index in [0.717, 1.165) is 5.75 Å². The number of hydrogen-bond donors (Lipinski definition) is 1. The highest BCUT2D eigenvalue weighted by atomic mass is 32.2. The zero-order chi connectivity index (χ0) is 11.3. The highest BCUT2D eigenvalue weighted by Gasteiger charge is 2.11. The second-order valence-electron chi connectivity index (χ2n) is 3.62. The summed E-state index contributed by atoms with van der Waals surface area (Å²) in [5, 5.41) is 2.96. The molecule has 2 nitrogen and oxygen atoms in total. The lowest BCUT2D eigenvalue weighted by atomic mass is 10.1. The molecule has 1 N–H and O–H groups in total. The van der Waals surface area contributed by atoms with Crippen molar-refractivity contribution < 1.29 is 4.79 Å². The van der Waals surface area contributed by atoms with Gasteiger partial charge in [0.2, 0.25) is 5.91 Å². The van der Waals surface area contributed by atoms with Gasteiger partial charge in [-0.2, -0.15) is 11.8 Å². The van der Waals surface area contributed by atoms with E-state index in [9.17, 15) is 4.79 Å². The lowest BCUT2D eigenvalue weighted by Gasteiger charge is -2.17. The smallest absolute Gasteiger partial charge is 0.217 e. The molecule has 0 aliphatic carbocycles. The Labute approximate surface area is 95.5 Å². The molecule has 15 heavy (non-hydrogen) atoms. The second-order valence-corrected chi connectivity index (χ2v) is 4.53. The molecule has 0 unspecified atom stereocenters. The van der Waals surface area contributed by atoms with E-state index in [-0.39, 0.29) is 11.9 Å². The number of benzene rings is 1. The van der Waals surface area contributed by atoms with Crippen molar-refractivity contribution in [1.82, 2.24) is 5.32 Å². The normalized spacial score (nSPS) is 12.2. The van der Waals surface area contributed by atoms with E-state index in [0.29, 0.717) is 0 Å². The van der Waals surface area contributed by atoms with Gasteiger partial charge in [-0.1, -0.05) is 29.8 Å². The fraction of sp³-hybridized carbons (Fsp3) is 0.417. The summed E-state index contributed by atoms with van der Waals surface area (Å²) in [6.07, 6.45) is 2.05. The minimum atomic E-state index is 0.0237. The number of hydrogen-bond acceptors (Lipinski definition) is 2. The first-order chi connectivity index (χ1) is 7.13. The van der Waals surface area contributed by atoms with Crippen LogP contribution in [0.15, 0.2) is 24.3 Å². The molecule has 0 aliphatic heterocycles. The van der Waals surface area contributed by atoms with Crippen LogP contribution >= 0.6 is 11.8 Å². The maximum atomic E-state index is 11.1. The molecule has 0 heterocycles. The highest BCUT2D eigenvalue weighted by Crippen LogP contribution is 2.18. The average molecular weight is 223 g/mol. The largest absolute Gasteiger partial charge is 0.349 e. The Morgan fingerprint density at radius 2 is 2.27 bits per heavy atom. The van der Waals surface area contributed by atoms with Crippen LogP contribution in [0.25, 0.3) is 0 Å². The van der Waals surface area contributed by atoms with E-state index >= 15 is 0 Å². The number of nitrogens with one attached hydrogen (secondary N) is 1. The van der Waals surface area contributed by atoms with Gasteiger partial charge in [-0.25, -0.2) is 0 Å². The number of rotatable bonds is 4. The van der Waals surface area contributed by atoms with Gasteiger partial charge in [0.15, 0.2) is 0 Å². The van der Waals surface area contributed by atoms with E-state index in [4.69, 9.17) is 0 Å². The van der Waals surface area contributed by atoms with Crippen LogP contribution in [0.5, 0.6) is 0 Å². The van der Waals surface area contributed by atoms with Crippen molar-refractivity contribution in [2.75, 3.05) is 12.0 Å². The first-order valence-electron chi connectivity index (χ1n) is 4.96. The molecular formula is C12H17NOS. The molecule has 1 amide bonds. The highest BCUT2D eigenvalue weighted by molar-refractivity contribution is 7.98. The monoisotopic (exact) mass is 223 g/mol. The fourth-order valence-electron chi connectivity index (χ4n) is 1.52. The summed E-state index contributed by atoms with van der Waals surface area (Å²) < 4.78 is 0. The minimum absolute atomic E-state index is 0.0237. The summed E-state index contributed by atoms with van der Waals surface area (Å²) in [4.78, 5) is 11.1. The quantitative estimate of drug-likeness (QED) is 0.850. The van der Waals surface area contributed by atoms with Gasteiger partial charge in [-0.3, -0.25) is 4.79 Å². The van der Waals surface area contributed by atoms with Crippen molar-refractivity contribution in [3.05, 3.63) is 35.4 Å². The number of carbonyl (C=O) groups excluding carboxylic acids is 1. The van der Waals surface area contributed by atoms with Gasteiger partial charge in [0.05, 0.1) is 6.04 Å². The van der Waals surface area contributed by atoms with Gasteiger partial charge in [-0.15, -0.1) is 0 Å². The Hall–Kier alpha value is -0.960. The van der Waals surface area contributed by atoms with Crippen LogP contribution in [0.3, 0.4) is 0 Å². The molecule has 0 spiro atoms. The SMILES string of the molecule is CSC[C@@H](NC(C)=O)c1cccc(C)c1. The van der Waals surface area contributed by atoms with E-state index in [2.05, 4.69) is 30.4 Å². The van der Waals surface area contributed by atoms with Crippen molar-refractivity contribution in [1.29, 1.82) is 0 Å². The maximum absolute atomic E-state index is 11.1. The lowest BCUT2D eigenvalue weighted by Crippen LogP contribution is -2.27. The molecule has 0 aliphatic rings. The molecule has 1 atom stereocenters. The van der Waals surface area contributed by atoms with E-state index in [1.807, 2.05) is 12.3 Å². The zero-order valence-electron chi connectivity index (χ0n) is 9.41. The van der Waals surface area contributed by atoms with Crippen LogP contribution in [-0.4, -0.2) is 17.9 Å². The maximum Gasteiger partial charge on any atom is 0.217 e. The standard InChI is InChI=1S/C12H17NOS/c1-9-5-4-6-11(7-9)12(8-15-3)13-10(2)14/h4-7,12H,8H2,1-3H3,(H,13,14)/t12-/m1/s1. The molecule has 0 radical (unpaired) electrons. The first-order valence-corrected chi connectivity index (χ1v) is 6.35. The van der Waals surface area contributed by atoms with Gasteiger partial charge in [-0.05, 0) is 18.7 Å². The van der Waals surface area contributed by atoms with E-state index < -0.39 is 0 Å². The Kier molecular flexibility index (Phi) is 4.69. The molecule has 0 aromatic heterocycles. The molecule has 1 aromatic carbocycles.